The second kappa shape index (κ2) is 6.51. The third-order valence-electron chi connectivity index (χ3n) is 4.53. The smallest absolute Gasteiger partial charge is 0.371 e. The number of nitrogens with zero attached hydrogens (tertiary/aromatic N) is 1. The number of amides is 1. The second-order valence-electron chi connectivity index (χ2n) is 6.51. The molecule has 1 heterocycles. The Bertz CT molecular complexity index is 743. The summed E-state index contributed by atoms with van der Waals surface area (Å²) in [7, 11) is -5.34. The number of hydrogen-bond donors (Lipinski definition) is 1. The molecular formula is C16H19F3N2O3S. The van der Waals surface area contributed by atoms with Gasteiger partial charge in [0, 0.05) is 24.8 Å². The molecule has 1 aromatic rings. The van der Waals surface area contributed by atoms with Crippen LogP contribution in [0.3, 0.4) is 0 Å². The fraction of sp³-hybridized carbons (Fsp3) is 0.562. The third-order valence-corrected chi connectivity index (χ3v) is 6.03. The van der Waals surface area contributed by atoms with Crippen LogP contribution in [-0.2, 0) is 14.6 Å². The quantitative estimate of drug-likeness (QED) is 0.877. The molecule has 1 aliphatic heterocycles. The van der Waals surface area contributed by atoms with E-state index in [-0.39, 0.29) is 17.9 Å². The SMILES string of the molecule is O=C(NC1CC1)[C@H]1CCCN(c2ccc(S(=O)(=O)C(F)(F)F)cc2)C1. The zero-order chi connectivity index (χ0) is 18.2. The lowest BCUT2D eigenvalue weighted by Crippen LogP contribution is -2.43. The number of hydrogen-bond acceptors (Lipinski definition) is 4. The summed E-state index contributed by atoms with van der Waals surface area (Å²) in [4.78, 5) is 13.3. The number of piperidine rings is 1. The Hall–Kier alpha value is -1.77. The Kier molecular flexibility index (Phi) is 4.70. The van der Waals surface area contributed by atoms with Crippen LogP contribution >= 0.6 is 0 Å². The Morgan fingerprint density at radius 1 is 1.12 bits per heavy atom. The zero-order valence-electron chi connectivity index (χ0n) is 13.4. The van der Waals surface area contributed by atoms with Crippen LogP contribution in [0.25, 0.3) is 0 Å². The summed E-state index contributed by atoms with van der Waals surface area (Å²) in [6, 6.07) is 4.94. The molecular weight excluding hydrogens is 357 g/mol. The van der Waals surface area contributed by atoms with Crippen LogP contribution in [0.5, 0.6) is 0 Å². The summed E-state index contributed by atoms with van der Waals surface area (Å²) in [6.45, 7) is 1.16. The molecule has 1 N–H and O–H groups in total. The number of rotatable bonds is 4. The summed E-state index contributed by atoms with van der Waals surface area (Å²) in [5.74, 6) is -0.142. The van der Waals surface area contributed by atoms with Crippen molar-refractivity contribution >= 4 is 21.4 Å². The predicted molar refractivity (Wildman–Crippen MR) is 85.8 cm³/mol. The van der Waals surface area contributed by atoms with Gasteiger partial charge in [-0.1, -0.05) is 0 Å². The lowest BCUT2D eigenvalue weighted by atomic mass is 9.96. The molecule has 25 heavy (non-hydrogen) atoms. The molecule has 0 unspecified atom stereocenters. The lowest BCUT2D eigenvalue weighted by molar-refractivity contribution is -0.125. The van der Waals surface area contributed by atoms with Crippen LogP contribution in [0.15, 0.2) is 29.2 Å². The van der Waals surface area contributed by atoms with Crippen molar-refractivity contribution in [3.8, 4) is 0 Å². The fourth-order valence-electron chi connectivity index (χ4n) is 2.94. The molecule has 1 saturated carbocycles. The number of nitrogens with one attached hydrogen (secondary N) is 1. The van der Waals surface area contributed by atoms with E-state index in [1.54, 1.807) is 0 Å². The van der Waals surface area contributed by atoms with Crippen molar-refractivity contribution in [2.24, 2.45) is 5.92 Å². The third kappa shape index (κ3) is 3.91. The van der Waals surface area contributed by atoms with Gasteiger partial charge in [0.25, 0.3) is 9.84 Å². The molecule has 1 aromatic carbocycles. The van der Waals surface area contributed by atoms with Crippen molar-refractivity contribution in [1.29, 1.82) is 0 Å². The first-order valence-corrected chi connectivity index (χ1v) is 9.63. The van der Waals surface area contributed by atoms with Crippen molar-refractivity contribution in [1.82, 2.24) is 5.32 Å². The van der Waals surface area contributed by atoms with Gasteiger partial charge in [-0.05, 0) is 49.9 Å². The summed E-state index contributed by atoms with van der Waals surface area (Å²) in [6.07, 6.45) is 3.59. The minimum Gasteiger partial charge on any atom is -0.371 e. The second-order valence-corrected chi connectivity index (χ2v) is 8.45. The van der Waals surface area contributed by atoms with E-state index in [2.05, 4.69) is 5.32 Å². The van der Waals surface area contributed by atoms with Crippen LogP contribution in [0.2, 0.25) is 0 Å². The number of anilines is 1. The summed E-state index contributed by atoms with van der Waals surface area (Å²) >= 11 is 0. The monoisotopic (exact) mass is 376 g/mol. The van der Waals surface area contributed by atoms with E-state index >= 15 is 0 Å². The largest absolute Gasteiger partial charge is 0.501 e. The molecule has 1 aliphatic carbocycles. The normalized spacial score (nSPS) is 21.9. The van der Waals surface area contributed by atoms with Gasteiger partial charge in [0.1, 0.15) is 0 Å². The molecule has 1 atom stereocenters. The van der Waals surface area contributed by atoms with E-state index < -0.39 is 20.2 Å². The van der Waals surface area contributed by atoms with Gasteiger partial charge in [-0.15, -0.1) is 0 Å². The first-order valence-electron chi connectivity index (χ1n) is 8.15. The molecule has 0 aromatic heterocycles. The molecule has 0 spiro atoms. The van der Waals surface area contributed by atoms with E-state index in [0.29, 0.717) is 18.8 Å². The van der Waals surface area contributed by atoms with Gasteiger partial charge in [-0.2, -0.15) is 13.2 Å². The molecule has 2 aliphatic rings. The fourth-order valence-corrected chi connectivity index (χ4v) is 3.70. The first kappa shape index (κ1) is 18.0. The topological polar surface area (TPSA) is 66.5 Å². The van der Waals surface area contributed by atoms with Crippen LogP contribution in [0.4, 0.5) is 18.9 Å². The average molecular weight is 376 g/mol. The lowest BCUT2D eigenvalue weighted by Gasteiger charge is -2.33. The maximum atomic E-state index is 12.6. The number of carbonyl (C=O) groups is 1. The van der Waals surface area contributed by atoms with Crippen molar-refractivity contribution in [3.05, 3.63) is 24.3 Å². The molecule has 138 valence electrons. The number of carbonyl (C=O) groups excluding carboxylic acids is 1. The standard InChI is InChI=1S/C16H19F3N2O3S/c17-16(18,19)25(23,24)14-7-5-13(6-8-14)21-9-1-2-11(10-21)15(22)20-12-3-4-12/h5-8,11-12H,1-4,9-10H2,(H,20,22)/t11-/m0/s1. The van der Waals surface area contributed by atoms with Crippen LogP contribution < -0.4 is 10.2 Å². The van der Waals surface area contributed by atoms with E-state index in [4.69, 9.17) is 0 Å². The maximum Gasteiger partial charge on any atom is 0.501 e. The van der Waals surface area contributed by atoms with E-state index in [1.807, 2.05) is 4.90 Å². The van der Waals surface area contributed by atoms with E-state index in [1.165, 1.54) is 12.1 Å². The molecule has 3 rings (SSSR count). The highest BCUT2D eigenvalue weighted by Gasteiger charge is 2.46. The molecule has 5 nitrogen and oxygen atoms in total. The van der Waals surface area contributed by atoms with Crippen molar-refractivity contribution in [3.63, 3.8) is 0 Å². The highest BCUT2D eigenvalue weighted by atomic mass is 32.2. The Labute approximate surface area is 144 Å². The van der Waals surface area contributed by atoms with Gasteiger partial charge in [0.2, 0.25) is 5.91 Å². The number of benzene rings is 1. The van der Waals surface area contributed by atoms with Gasteiger partial charge >= 0.3 is 5.51 Å². The number of sulfone groups is 1. The van der Waals surface area contributed by atoms with Crippen molar-refractivity contribution in [2.75, 3.05) is 18.0 Å². The molecule has 9 heteroatoms. The van der Waals surface area contributed by atoms with E-state index in [9.17, 15) is 26.4 Å². The zero-order valence-corrected chi connectivity index (χ0v) is 14.2. The Balaban J connectivity index is 1.70. The minimum atomic E-state index is -5.34. The van der Waals surface area contributed by atoms with Gasteiger partial charge in [0.15, 0.2) is 0 Å². The molecule has 1 saturated heterocycles. The van der Waals surface area contributed by atoms with Gasteiger partial charge in [-0.25, -0.2) is 8.42 Å². The summed E-state index contributed by atoms with van der Waals surface area (Å²) in [5.41, 5.74) is -4.70. The predicted octanol–water partition coefficient (Wildman–Crippen LogP) is 2.48. The summed E-state index contributed by atoms with van der Waals surface area (Å²) < 4.78 is 60.5. The number of halogens is 3. The maximum absolute atomic E-state index is 12.6. The Morgan fingerprint density at radius 3 is 2.32 bits per heavy atom. The van der Waals surface area contributed by atoms with Gasteiger partial charge < -0.3 is 10.2 Å². The first-order chi connectivity index (χ1) is 11.7. The number of alkyl halides is 3. The Morgan fingerprint density at radius 2 is 1.76 bits per heavy atom. The van der Waals surface area contributed by atoms with Gasteiger partial charge in [-0.3, -0.25) is 4.79 Å². The minimum absolute atomic E-state index is 0.0171. The van der Waals surface area contributed by atoms with Crippen LogP contribution in [0, 0.1) is 5.92 Å². The molecule has 2 fully saturated rings. The average Bonchev–Trinajstić information content (AvgIpc) is 3.38. The van der Waals surface area contributed by atoms with E-state index in [0.717, 1.165) is 37.8 Å². The highest BCUT2D eigenvalue weighted by Crippen LogP contribution is 2.32. The van der Waals surface area contributed by atoms with Crippen molar-refractivity contribution in [2.45, 2.75) is 42.1 Å². The van der Waals surface area contributed by atoms with Crippen molar-refractivity contribution < 1.29 is 26.4 Å². The molecule has 1 amide bonds. The van der Waals surface area contributed by atoms with Gasteiger partial charge in [0.05, 0.1) is 10.8 Å². The molecule has 0 radical (unpaired) electrons. The summed E-state index contributed by atoms with van der Waals surface area (Å²) in [5, 5.41) is 2.97. The van der Waals surface area contributed by atoms with Crippen LogP contribution in [-0.4, -0.2) is 39.0 Å². The van der Waals surface area contributed by atoms with Crippen LogP contribution in [0.1, 0.15) is 25.7 Å². The highest BCUT2D eigenvalue weighted by molar-refractivity contribution is 7.92. The molecule has 0 bridgehead atoms.